The van der Waals surface area contributed by atoms with E-state index in [2.05, 4.69) is 20.5 Å². The minimum absolute atomic E-state index is 0.0568. The van der Waals surface area contributed by atoms with Crippen molar-refractivity contribution in [3.8, 4) is 11.6 Å². The molecule has 12 nitrogen and oxygen atoms in total. The molecule has 47 heavy (non-hydrogen) atoms. The summed E-state index contributed by atoms with van der Waals surface area (Å²) in [4.78, 5) is 52.7. The van der Waals surface area contributed by atoms with Crippen molar-refractivity contribution >= 4 is 35.1 Å². The molecule has 0 bridgehead atoms. The van der Waals surface area contributed by atoms with Crippen LogP contribution in [0.15, 0.2) is 52.3 Å². The fraction of sp³-hybridized carbons (Fsp3) is 0.441. The van der Waals surface area contributed by atoms with Gasteiger partial charge in [0.2, 0.25) is 11.8 Å². The molecule has 0 aliphatic carbocycles. The highest BCUT2D eigenvalue weighted by Gasteiger charge is 2.38. The van der Waals surface area contributed by atoms with E-state index < -0.39 is 17.2 Å². The Hall–Kier alpha value is -4.65. The van der Waals surface area contributed by atoms with Crippen molar-refractivity contribution in [1.82, 2.24) is 30.4 Å². The number of amides is 3. The summed E-state index contributed by atoms with van der Waals surface area (Å²) in [7, 11) is 0. The summed E-state index contributed by atoms with van der Waals surface area (Å²) < 4.78 is 11.8. The van der Waals surface area contributed by atoms with Gasteiger partial charge in [0, 0.05) is 42.6 Å². The maximum absolute atomic E-state index is 14.1. The first kappa shape index (κ1) is 32.3. The molecule has 3 aromatic heterocycles. The number of ether oxygens (including phenoxy) is 1. The molecule has 0 radical (unpaired) electrons. The summed E-state index contributed by atoms with van der Waals surface area (Å²) in [5.41, 5.74) is 0.614. The Morgan fingerprint density at radius 2 is 1.85 bits per heavy atom. The topological polar surface area (TPSA) is 144 Å². The summed E-state index contributed by atoms with van der Waals surface area (Å²) in [5, 5.41) is 14.5. The van der Waals surface area contributed by atoms with Gasteiger partial charge in [-0.15, -0.1) is 21.5 Å². The minimum atomic E-state index is -1.15. The van der Waals surface area contributed by atoms with Gasteiger partial charge in [-0.2, -0.15) is 0 Å². The number of rotatable bonds is 8. The van der Waals surface area contributed by atoms with Crippen LogP contribution in [0.5, 0.6) is 0 Å². The molecule has 13 heteroatoms. The van der Waals surface area contributed by atoms with E-state index in [1.54, 1.807) is 56.1 Å². The molecular weight excluding hydrogens is 618 g/mol. The van der Waals surface area contributed by atoms with Gasteiger partial charge in [-0.1, -0.05) is 30.3 Å². The van der Waals surface area contributed by atoms with E-state index in [0.717, 1.165) is 29.1 Å². The van der Waals surface area contributed by atoms with Crippen LogP contribution in [0.1, 0.15) is 91.9 Å². The number of benzene rings is 1. The summed E-state index contributed by atoms with van der Waals surface area (Å²) in [6.45, 7) is 10.2. The fourth-order valence-electron chi connectivity index (χ4n) is 5.99. The summed E-state index contributed by atoms with van der Waals surface area (Å²) >= 11 is 1.56. The average molecular weight is 658 g/mol. The lowest BCUT2D eigenvalue weighted by atomic mass is 9.92. The molecule has 4 aromatic rings. The third-order valence-corrected chi connectivity index (χ3v) is 9.20. The Morgan fingerprint density at radius 3 is 2.53 bits per heavy atom. The number of aryl methyl sites for hydroxylation is 1. The Morgan fingerprint density at radius 1 is 1.06 bits per heavy atom. The Labute approximate surface area is 277 Å². The van der Waals surface area contributed by atoms with E-state index in [4.69, 9.17) is 14.1 Å². The maximum Gasteiger partial charge on any atom is 0.408 e. The van der Waals surface area contributed by atoms with E-state index >= 15 is 0 Å². The standard InChI is InChI=1S/C34H39N7O5S/c1-21-20-47-29(35-21)25-13-9-15-40(25)30(43)23-17-24(36-26(18-23)41-16-10-14-27(41)42)28-38-39-31(45-28)34(5,19-22-11-7-6-8-12-22)37-32(44)46-33(2,3)4/h6-8,11-12,17-18,20,25H,9-10,13-16,19H2,1-5H3,(H,37,44)/t25-,34-/m1/s1. The van der Waals surface area contributed by atoms with Crippen LogP contribution in [0.2, 0.25) is 0 Å². The molecule has 1 aromatic carbocycles. The number of nitrogens with zero attached hydrogens (tertiary/aromatic N) is 6. The molecule has 246 valence electrons. The number of nitrogens with one attached hydrogen (secondary N) is 1. The highest BCUT2D eigenvalue weighted by Crippen LogP contribution is 2.36. The van der Waals surface area contributed by atoms with Gasteiger partial charge >= 0.3 is 6.09 Å². The zero-order valence-electron chi connectivity index (χ0n) is 27.3. The van der Waals surface area contributed by atoms with Crippen LogP contribution in [-0.4, -0.2) is 61.7 Å². The van der Waals surface area contributed by atoms with Crippen molar-refractivity contribution < 1.29 is 23.5 Å². The van der Waals surface area contributed by atoms with Gasteiger partial charge in [-0.05, 0) is 71.6 Å². The van der Waals surface area contributed by atoms with Gasteiger partial charge in [-0.25, -0.2) is 14.8 Å². The second-order valence-electron chi connectivity index (χ2n) is 13.3. The smallest absolute Gasteiger partial charge is 0.408 e. The Balaban J connectivity index is 1.37. The van der Waals surface area contributed by atoms with Crippen LogP contribution in [-0.2, 0) is 21.5 Å². The predicted octanol–water partition coefficient (Wildman–Crippen LogP) is 5.98. The van der Waals surface area contributed by atoms with Crippen molar-refractivity contribution in [3.05, 3.63) is 75.6 Å². The molecule has 2 atom stereocenters. The summed E-state index contributed by atoms with van der Waals surface area (Å²) in [6, 6.07) is 12.8. The van der Waals surface area contributed by atoms with E-state index in [-0.39, 0.29) is 35.3 Å². The van der Waals surface area contributed by atoms with Gasteiger partial charge in [0.1, 0.15) is 27.7 Å². The number of likely N-dealkylation sites (tertiary alicyclic amines) is 1. The largest absolute Gasteiger partial charge is 0.444 e. The number of carbonyl (C=O) groups is 3. The highest BCUT2D eigenvalue weighted by molar-refractivity contribution is 7.09. The van der Waals surface area contributed by atoms with Crippen molar-refractivity contribution in [2.75, 3.05) is 18.0 Å². The van der Waals surface area contributed by atoms with E-state index in [0.29, 0.717) is 43.7 Å². The van der Waals surface area contributed by atoms with Crippen LogP contribution in [0, 0.1) is 6.92 Å². The molecular formula is C34H39N7O5S. The van der Waals surface area contributed by atoms with E-state index in [9.17, 15) is 14.4 Å². The first-order valence-corrected chi connectivity index (χ1v) is 16.7. The lowest BCUT2D eigenvalue weighted by Crippen LogP contribution is -2.47. The average Bonchev–Trinajstić information content (AvgIpc) is 3.83. The van der Waals surface area contributed by atoms with Gasteiger partial charge in [0.25, 0.3) is 11.8 Å². The lowest BCUT2D eigenvalue weighted by molar-refractivity contribution is -0.117. The number of anilines is 1. The Bertz CT molecular complexity index is 1780. The minimum Gasteiger partial charge on any atom is -0.444 e. The Kier molecular flexibility index (Phi) is 8.84. The molecule has 3 amide bonds. The fourth-order valence-corrected chi connectivity index (χ4v) is 6.93. The molecule has 2 aliphatic heterocycles. The van der Waals surface area contributed by atoms with Gasteiger partial charge in [0.05, 0.1) is 6.04 Å². The third-order valence-electron chi connectivity index (χ3n) is 8.14. The van der Waals surface area contributed by atoms with Crippen LogP contribution < -0.4 is 10.2 Å². The summed E-state index contributed by atoms with van der Waals surface area (Å²) in [5.74, 6) is 0.304. The van der Waals surface area contributed by atoms with E-state index in [1.807, 2.05) is 47.5 Å². The number of thiazole rings is 1. The van der Waals surface area contributed by atoms with Crippen LogP contribution in [0.4, 0.5) is 10.6 Å². The number of hydrogen-bond donors (Lipinski definition) is 1. The number of hydrogen-bond acceptors (Lipinski definition) is 10. The zero-order chi connectivity index (χ0) is 33.3. The number of aromatic nitrogens is 4. The maximum atomic E-state index is 14.1. The van der Waals surface area contributed by atoms with Crippen molar-refractivity contribution in [2.24, 2.45) is 0 Å². The molecule has 2 aliphatic rings. The molecule has 2 saturated heterocycles. The third kappa shape index (κ3) is 7.19. The van der Waals surface area contributed by atoms with Crippen molar-refractivity contribution in [1.29, 1.82) is 0 Å². The second kappa shape index (κ2) is 12.9. The normalized spacial score (nSPS) is 18.0. The number of alkyl carbamates (subject to hydrolysis) is 1. The second-order valence-corrected chi connectivity index (χ2v) is 14.2. The van der Waals surface area contributed by atoms with Crippen molar-refractivity contribution in [2.45, 2.75) is 83.9 Å². The molecule has 1 N–H and O–H groups in total. The van der Waals surface area contributed by atoms with Crippen LogP contribution in [0.3, 0.4) is 0 Å². The number of pyridine rings is 1. The quantitative estimate of drug-likeness (QED) is 0.242. The first-order valence-electron chi connectivity index (χ1n) is 15.8. The van der Waals surface area contributed by atoms with Crippen LogP contribution >= 0.6 is 11.3 Å². The van der Waals surface area contributed by atoms with Gasteiger partial charge < -0.3 is 19.4 Å². The van der Waals surface area contributed by atoms with E-state index in [1.165, 1.54) is 0 Å². The summed E-state index contributed by atoms with van der Waals surface area (Å²) in [6.07, 6.45) is 2.50. The molecule has 0 spiro atoms. The van der Waals surface area contributed by atoms with Crippen LogP contribution in [0.25, 0.3) is 11.6 Å². The predicted molar refractivity (Wildman–Crippen MR) is 176 cm³/mol. The molecule has 2 fully saturated rings. The molecule has 6 rings (SSSR count). The molecule has 5 heterocycles. The molecule has 0 saturated carbocycles. The first-order chi connectivity index (χ1) is 22.4. The van der Waals surface area contributed by atoms with Gasteiger partial charge in [-0.3, -0.25) is 14.5 Å². The van der Waals surface area contributed by atoms with Gasteiger partial charge in [0.15, 0.2) is 0 Å². The zero-order valence-corrected chi connectivity index (χ0v) is 28.1. The SMILES string of the molecule is Cc1csc([C@H]2CCCN2C(=O)c2cc(-c3nnc([C@@](C)(Cc4ccccc4)NC(=O)OC(C)(C)C)o3)nc(N3CCCC3=O)c2)n1. The number of carbonyl (C=O) groups excluding carboxylic acids is 3. The molecule has 0 unspecified atom stereocenters. The highest BCUT2D eigenvalue weighted by atomic mass is 32.1. The van der Waals surface area contributed by atoms with Crippen molar-refractivity contribution in [3.63, 3.8) is 0 Å². The lowest BCUT2D eigenvalue weighted by Gasteiger charge is -2.29. The monoisotopic (exact) mass is 657 g/mol.